The van der Waals surface area contributed by atoms with E-state index < -0.39 is 0 Å². The van der Waals surface area contributed by atoms with Gasteiger partial charge in [0.15, 0.2) is 0 Å². The van der Waals surface area contributed by atoms with Crippen LogP contribution in [0.5, 0.6) is 0 Å². The average Bonchev–Trinajstić information content (AvgIpc) is 1.50. The molecular formula is H4HfO2Si. The molecule has 0 aliphatic carbocycles. The summed E-state index contributed by atoms with van der Waals surface area (Å²) in [5.74, 6) is 0. The Labute approximate surface area is 42.8 Å². The Morgan fingerprint density at radius 1 is 1.50 bits per heavy atom. The third-order valence-corrected chi connectivity index (χ3v) is 0. The van der Waals surface area contributed by atoms with Crippen molar-refractivity contribution in [2.24, 2.45) is 0 Å². The van der Waals surface area contributed by atoms with E-state index >= 15 is 0 Å². The molecule has 0 aliphatic rings. The van der Waals surface area contributed by atoms with Crippen LogP contribution < -0.4 is 0 Å². The molecule has 0 rings (SSSR count). The zero-order valence-electron chi connectivity index (χ0n) is 2.36. The van der Waals surface area contributed by atoms with Crippen molar-refractivity contribution in [3.63, 3.8) is 0 Å². The van der Waals surface area contributed by atoms with Crippen molar-refractivity contribution < 1.29 is 32.0 Å². The molecule has 24 valence electrons. The Bertz CT molecular complexity index is 6.00. The molecule has 0 radical (unpaired) electrons. The van der Waals surface area contributed by atoms with Gasteiger partial charge in [-0.25, -0.2) is 0 Å². The molecule has 0 amide bonds. The van der Waals surface area contributed by atoms with Crippen LogP contribution in [0, 0.1) is 0 Å². The van der Waals surface area contributed by atoms with Crippen molar-refractivity contribution in [2.75, 3.05) is 0 Å². The minimum atomic E-state index is 0.0556. The number of rotatable bonds is 0. The fraction of sp³-hybridized carbons (Fsp3) is 0. The van der Waals surface area contributed by atoms with Crippen LogP contribution in [0.2, 0.25) is 0 Å². The van der Waals surface area contributed by atoms with Crippen LogP contribution in [0.4, 0.5) is 0 Å². The topological polar surface area (TPSA) is 37.3 Å². The Kier molecular flexibility index (Phi) is 96.2. The molecular weight excluding hydrogens is 239 g/mol. The zero-order valence-corrected chi connectivity index (χ0v) is 7.95. The fourth-order valence-corrected chi connectivity index (χ4v) is 0. The van der Waals surface area contributed by atoms with Gasteiger partial charge in [0.25, 0.3) is 0 Å². The third kappa shape index (κ3) is 13.5. The maximum atomic E-state index is 8.39. The van der Waals surface area contributed by atoms with Crippen molar-refractivity contribution in [1.29, 1.82) is 0 Å². The monoisotopic (exact) mass is 244 g/mol. The Morgan fingerprint density at radius 2 is 1.50 bits per heavy atom. The van der Waals surface area contributed by atoms with E-state index in [1.165, 1.54) is 0 Å². The summed E-state index contributed by atoms with van der Waals surface area (Å²) in [6, 6.07) is 0. The van der Waals surface area contributed by atoms with Gasteiger partial charge >= 0.3 is 27.2 Å². The molecule has 4 heavy (non-hydrogen) atoms. The van der Waals surface area contributed by atoms with Gasteiger partial charge in [0, 0.05) is 0 Å². The predicted molar refractivity (Wildman–Crippen MR) is 12.8 cm³/mol. The second-order valence-electron chi connectivity index (χ2n) is 0. The molecule has 0 saturated carbocycles. The number of hydrogen-bond donors (Lipinski definition) is 1. The molecule has 0 unspecified atom stereocenters. The van der Waals surface area contributed by atoms with Crippen LogP contribution >= 0.6 is 0 Å². The molecule has 4 heteroatoms. The SMILES string of the molecule is O[SiH3].[O]=[Hf]. The first-order valence-corrected chi connectivity index (χ1v) is 3.01. The standard InChI is InChI=1S/Hf.H4OSi.O/c;1-2;/h;1H,2H3;. The van der Waals surface area contributed by atoms with E-state index in [0.717, 1.165) is 0 Å². The van der Waals surface area contributed by atoms with E-state index in [4.69, 9.17) is 7.65 Å². The van der Waals surface area contributed by atoms with E-state index in [0.29, 0.717) is 10.5 Å². The van der Waals surface area contributed by atoms with E-state index in [-0.39, 0.29) is 24.4 Å². The van der Waals surface area contributed by atoms with Gasteiger partial charge in [-0.1, -0.05) is 0 Å². The first kappa shape index (κ1) is 8.85. The van der Waals surface area contributed by atoms with Crippen LogP contribution in [0.1, 0.15) is 0 Å². The van der Waals surface area contributed by atoms with Crippen molar-refractivity contribution in [3.8, 4) is 0 Å². The molecule has 0 spiro atoms. The first-order chi connectivity index (χ1) is 2.00. The molecule has 0 bridgehead atoms. The quantitative estimate of drug-likeness (QED) is 0.506. The maximum absolute atomic E-state index is 8.39. The Morgan fingerprint density at radius 3 is 1.50 bits per heavy atom. The van der Waals surface area contributed by atoms with Gasteiger partial charge in [0.2, 0.25) is 0 Å². The molecule has 0 atom stereocenters. The van der Waals surface area contributed by atoms with Crippen molar-refractivity contribution >= 4 is 10.5 Å². The van der Waals surface area contributed by atoms with Crippen LogP contribution in [0.15, 0.2) is 0 Å². The average molecular weight is 243 g/mol. The van der Waals surface area contributed by atoms with E-state index in [1.54, 1.807) is 0 Å². The predicted octanol–water partition coefficient (Wildman–Crippen LogP) is -1.86. The summed E-state index contributed by atoms with van der Waals surface area (Å²) < 4.78 is 8.39. The second-order valence-corrected chi connectivity index (χ2v) is 0. The first-order valence-electron chi connectivity index (χ1n) is 0.651. The van der Waals surface area contributed by atoms with E-state index in [2.05, 4.69) is 0 Å². The van der Waals surface area contributed by atoms with Crippen LogP contribution in [-0.4, -0.2) is 15.3 Å². The molecule has 0 aromatic heterocycles. The summed E-state index contributed by atoms with van der Waals surface area (Å²) in [5, 5.41) is 0. The summed E-state index contributed by atoms with van der Waals surface area (Å²) in [6.45, 7) is 0. The van der Waals surface area contributed by atoms with Gasteiger partial charge < -0.3 is 4.80 Å². The Hall–Kier alpha value is 0.847. The second kappa shape index (κ2) is 43.5. The summed E-state index contributed by atoms with van der Waals surface area (Å²) in [6.07, 6.45) is 0. The molecule has 1 N–H and O–H groups in total. The van der Waals surface area contributed by atoms with Gasteiger partial charge in [-0.2, -0.15) is 0 Å². The van der Waals surface area contributed by atoms with Gasteiger partial charge in [-0.05, 0) is 0 Å². The fourth-order valence-electron chi connectivity index (χ4n) is 0. The summed E-state index contributed by atoms with van der Waals surface area (Å²) in [7, 11) is 0.306. The normalized spacial score (nSPS) is 3.00. The van der Waals surface area contributed by atoms with Gasteiger partial charge in [-0.15, -0.1) is 0 Å². The summed E-state index contributed by atoms with van der Waals surface area (Å²) >= 11 is 0.0556. The van der Waals surface area contributed by atoms with E-state index in [9.17, 15) is 0 Å². The Balaban J connectivity index is 0. The van der Waals surface area contributed by atoms with E-state index in [1.807, 2.05) is 0 Å². The van der Waals surface area contributed by atoms with Gasteiger partial charge in [0.05, 0.1) is 0 Å². The van der Waals surface area contributed by atoms with Crippen molar-refractivity contribution in [2.45, 2.75) is 0 Å². The molecule has 0 aromatic carbocycles. The van der Waals surface area contributed by atoms with Gasteiger partial charge in [0.1, 0.15) is 10.5 Å². The van der Waals surface area contributed by atoms with Gasteiger partial charge in [-0.3, -0.25) is 0 Å². The zero-order chi connectivity index (χ0) is 4.00. The number of hydrogen-bond acceptors (Lipinski definition) is 2. The third-order valence-electron chi connectivity index (χ3n) is 0. The minimum absolute atomic E-state index is 0.0556. The van der Waals surface area contributed by atoms with Crippen LogP contribution in [0.25, 0.3) is 0 Å². The summed E-state index contributed by atoms with van der Waals surface area (Å²) in [4.78, 5) is 7.14. The van der Waals surface area contributed by atoms with Crippen LogP contribution in [0.3, 0.4) is 0 Å². The molecule has 0 heterocycles. The molecule has 0 aromatic rings. The molecule has 0 fully saturated rings. The van der Waals surface area contributed by atoms with Crippen molar-refractivity contribution in [3.05, 3.63) is 0 Å². The summed E-state index contributed by atoms with van der Waals surface area (Å²) in [5.41, 5.74) is 0. The molecule has 0 saturated heterocycles. The molecule has 2 nitrogen and oxygen atoms in total. The van der Waals surface area contributed by atoms with Crippen LogP contribution in [-0.2, 0) is 27.2 Å². The van der Waals surface area contributed by atoms with Crippen molar-refractivity contribution in [1.82, 2.24) is 0 Å². The molecule has 0 aliphatic heterocycles.